The summed E-state index contributed by atoms with van der Waals surface area (Å²) in [5.41, 5.74) is 4.34. The van der Waals surface area contributed by atoms with Crippen LogP contribution in [0.25, 0.3) is 0 Å². The van der Waals surface area contributed by atoms with Crippen LogP contribution in [-0.4, -0.2) is 21.6 Å². The zero-order valence-electron chi connectivity index (χ0n) is 20.1. The fourth-order valence-corrected chi connectivity index (χ4v) is 6.25. The van der Waals surface area contributed by atoms with Gasteiger partial charge in [-0.3, -0.25) is 0 Å². The summed E-state index contributed by atoms with van der Waals surface area (Å²) in [6.45, 7) is 1.78. The maximum atomic E-state index is 13.2. The Hall–Kier alpha value is -2.74. The van der Waals surface area contributed by atoms with Crippen LogP contribution in [0.15, 0.2) is 59.5 Å². The lowest BCUT2D eigenvalue weighted by molar-refractivity contribution is 0.249. The average molecular weight is 548 g/mol. The topological polar surface area (TPSA) is 84.5 Å². The second kappa shape index (κ2) is 11.1. The number of amides is 2. The summed E-state index contributed by atoms with van der Waals surface area (Å²) < 4.78 is 31.7. The van der Waals surface area contributed by atoms with Crippen LogP contribution in [0.1, 0.15) is 48.1 Å². The van der Waals surface area contributed by atoms with Gasteiger partial charge in [-0.05, 0) is 73.1 Å². The number of aryl methyl sites for hydroxylation is 2. The third-order valence-electron chi connectivity index (χ3n) is 6.35. The van der Waals surface area contributed by atoms with Crippen LogP contribution in [-0.2, 0) is 28.4 Å². The summed E-state index contributed by atoms with van der Waals surface area (Å²) in [5, 5.41) is 6.29. The number of carbonyl (C=O) groups excluding carboxylic acids is 1. The van der Waals surface area contributed by atoms with Gasteiger partial charge in [-0.15, -0.1) is 0 Å². The number of halogens is 2. The van der Waals surface area contributed by atoms with Crippen molar-refractivity contribution in [2.45, 2.75) is 49.3 Å². The molecule has 0 heterocycles. The van der Waals surface area contributed by atoms with Crippen LogP contribution in [0, 0.1) is 0 Å². The molecule has 0 radical (unpaired) electrons. The van der Waals surface area contributed by atoms with E-state index in [1.54, 1.807) is 25.1 Å². The van der Waals surface area contributed by atoms with Gasteiger partial charge in [-0.1, -0.05) is 53.5 Å². The number of urea groups is 1. The van der Waals surface area contributed by atoms with E-state index < -0.39 is 21.9 Å². The Bertz CT molecular complexity index is 1390. The summed E-state index contributed by atoms with van der Waals surface area (Å²) in [6.07, 6.45) is 4.34. The summed E-state index contributed by atoms with van der Waals surface area (Å²) in [7, 11) is -2.19. The van der Waals surface area contributed by atoms with Crippen LogP contribution in [0.2, 0.25) is 10.0 Å². The first-order chi connectivity index (χ1) is 17.2. The summed E-state index contributed by atoms with van der Waals surface area (Å²) in [6, 6.07) is 14.7. The van der Waals surface area contributed by atoms with Crippen molar-refractivity contribution >= 4 is 44.8 Å². The Kier molecular flexibility index (Phi) is 8.13. The first-order valence-corrected chi connectivity index (χ1v) is 14.1. The van der Waals surface area contributed by atoms with Crippen LogP contribution in [0.5, 0.6) is 5.75 Å². The molecule has 4 rings (SSSR count). The standard InChI is InChI=1S/C27H28Cl2N2O4S/c1-17(22-8-5-9-23(28)26(22)29)30-27(32)31-24-13-12-21(15-25(24)35-2)36(33,34)16-18-10-11-19-6-3-4-7-20(19)14-18/h5,8-15,17H,3-4,6-7,16H2,1-2H3,(H2,30,31,32). The van der Waals surface area contributed by atoms with E-state index in [9.17, 15) is 13.2 Å². The first kappa shape index (κ1) is 26.3. The third kappa shape index (κ3) is 5.97. The van der Waals surface area contributed by atoms with E-state index in [0.717, 1.165) is 24.8 Å². The molecule has 1 unspecified atom stereocenters. The maximum absolute atomic E-state index is 13.2. The van der Waals surface area contributed by atoms with Crippen molar-refractivity contribution in [3.05, 3.63) is 86.9 Å². The van der Waals surface area contributed by atoms with Gasteiger partial charge >= 0.3 is 6.03 Å². The smallest absolute Gasteiger partial charge is 0.319 e. The highest BCUT2D eigenvalue weighted by molar-refractivity contribution is 7.90. The first-order valence-electron chi connectivity index (χ1n) is 11.7. The zero-order chi connectivity index (χ0) is 25.9. The predicted molar refractivity (Wildman–Crippen MR) is 144 cm³/mol. The number of sulfone groups is 1. The highest BCUT2D eigenvalue weighted by atomic mass is 35.5. The van der Waals surface area contributed by atoms with Crippen LogP contribution in [0.3, 0.4) is 0 Å². The van der Waals surface area contributed by atoms with E-state index >= 15 is 0 Å². The van der Waals surface area contributed by atoms with Crippen molar-refractivity contribution < 1.29 is 17.9 Å². The van der Waals surface area contributed by atoms with E-state index in [1.165, 1.54) is 42.9 Å². The highest BCUT2D eigenvalue weighted by Crippen LogP contribution is 2.32. The van der Waals surface area contributed by atoms with Gasteiger partial charge in [0.15, 0.2) is 9.84 Å². The van der Waals surface area contributed by atoms with E-state index in [0.29, 0.717) is 21.3 Å². The highest BCUT2D eigenvalue weighted by Gasteiger charge is 2.21. The van der Waals surface area contributed by atoms with E-state index in [2.05, 4.69) is 10.6 Å². The maximum Gasteiger partial charge on any atom is 0.319 e. The Morgan fingerprint density at radius 1 is 1.03 bits per heavy atom. The number of nitrogens with one attached hydrogen (secondary N) is 2. The second-order valence-electron chi connectivity index (χ2n) is 8.89. The molecule has 9 heteroatoms. The molecule has 0 saturated heterocycles. The molecular formula is C27H28Cl2N2O4S. The molecule has 0 spiro atoms. The molecule has 36 heavy (non-hydrogen) atoms. The number of ether oxygens (including phenoxy) is 1. The Labute approximate surface area is 221 Å². The van der Waals surface area contributed by atoms with Crippen LogP contribution < -0.4 is 15.4 Å². The zero-order valence-corrected chi connectivity index (χ0v) is 22.4. The molecule has 1 aliphatic carbocycles. The van der Waals surface area contributed by atoms with E-state index in [1.807, 2.05) is 18.2 Å². The molecule has 0 bridgehead atoms. The quantitative estimate of drug-likeness (QED) is 0.343. The van der Waals surface area contributed by atoms with Crippen molar-refractivity contribution in [2.75, 3.05) is 12.4 Å². The van der Waals surface area contributed by atoms with Crippen LogP contribution >= 0.6 is 23.2 Å². The summed E-state index contributed by atoms with van der Waals surface area (Å²) in [5.74, 6) is 0.138. The fraction of sp³-hybridized carbons (Fsp3) is 0.296. The summed E-state index contributed by atoms with van der Waals surface area (Å²) in [4.78, 5) is 12.8. The van der Waals surface area contributed by atoms with Crippen molar-refractivity contribution in [2.24, 2.45) is 0 Å². The van der Waals surface area contributed by atoms with Gasteiger partial charge < -0.3 is 15.4 Å². The van der Waals surface area contributed by atoms with Crippen molar-refractivity contribution in [3.8, 4) is 5.75 Å². The molecule has 3 aromatic carbocycles. The fourth-order valence-electron chi connectivity index (χ4n) is 4.44. The molecule has 190 valence electrons. The SMILES string of the molecule is COc1cc(S(=O)(=O)Cc2ccc3c(c2)CCCC3)ccc1NC(=O)NC(C)c1cccc(Cl)c1Cl. The largest absolute Gasteiger partial charge is 0.495 e. The van der Waals surface area contributed by atoms with Gasteiger partial charge in [0.25, 0.3) is 0 Å². The molecule has 6 nitrogen and oxygen atoms in total. The minimum absolute atomic E-state index is 0.103. The monoisotopic (exact) mass is 546 g/mol. The number of carbonyl (C=O) groups is 1. The van der Waals surface area contributed by atoms with Gasteiger partial charge in [-0.2, -0.15) is 0 Å². The number of hydrogen-bond donors (Lipinski definition) is 2. The number of rotatable bonds is 7. The molecule has 2 N–H and O–H groups in total. The van der Waals surface area contributed by atoms with Gasteiger partial charge in [0.1, 0.15) is 5.75 Å². The Balaban J connectivity index is 1.47. The minimum Gasteiger partial charge on any atom is -0.495 e. The number of fused-ring (bicyclic) bond motifs is 1. The van der Waals surface area contributed by atoms with Crippen molar-refractivity contribution in [1.29, 1.82) is 0 Å². The van der Waals surface area contributed by atoms with E-state index in [-0.39, 0.29) is 16.4 Å². The van der Waals surface area contributed by atoms with Gasteiger partial charge in [-0.25, -0.2) is 13.2 Å². The number of anilines is 1. The lowest BCUT2D eigenvalue weighted by Crippen LogP contribution is -2.31. The number of benzene rings is 3. The second-order valence-corrected chi connectivity index (χ2v) is 11.7. The molecule has 3 aromatic rings. The molecule has 0 saturated carbocycles. The van der Waals surface area contributed by atoms with Crippen LogP contribution in [0.4, 0.5) is 10.5 Å². The number of hydrogen-bond acceptors (Lipinski definition) is 4. The normalized spacial score (nSPS) is 14.0. The number of methoxy groups -OCH3 is 1. The van der Waals surface area contributed by atoms with E-state index in [4.69, 9.17) is 27.9 Å². The van der Waals surface area contributed by atoms with Gasteiger partial charge in [0.05, 0.1) is 39.5 Å². The molecule has 0 fully saturated rings. The third-order valence-corrected chi connectivity index (χ3v) is 8.86. The van der Waals surface area contributed by atoms with Gasteiger partial charge in [0.2, 0.25) is 0 Å². The molecule has 0 aliphatic heterocycles. The van der Waals surface area contributed by atoms with Crippen molar-refractivity contribution in [1.82, 2.24) is 5.32 Å². The lowest BCUT2D eigenvalue weighted by Gasteiger charge is -2.18. The predicted octanol–water partition coefficient (Wildman–Crippen LogP) is 6.74. The molecule has 1 atom stereocenters. The molecular weight excluding hydrogens is 519 g/mol. The molecule has 0 aromatic heterocycles. The average Bonchev–Trinajstić information content (AvgIpc) is 2.85. The van der Waals surface area contributed by atoms with Crippen molar-refractivity contribution in [3.63, 3.8) is 0 Å². The molecule has 1 aliphatic rings. The molecule has 2 amide bonds. The Morgan fingerprint density at radius 2 is 1.78 bits per heavy atom. The summed E-state index contributed by atoms with van der Waals surface area (Å²) >= 11 is 12.3. The van der Waals surface area contributed by atoms with Gasteiger partial charge in [0, 0.05) is 6.07 Å². The lowest BCUT2D eigenvalue weighted by atomic mass is 9.91. The Morgan fingerprint density at radius 3 is 2.53 bits per heavy atom. The minimum atomic E-state index is -3.62.